The van der Waals surface area contributed by atoms with E-state index < -0.39 is 5.97 Å². The van der Waals surface area contributed by atoms with Crippen molar-refractivity contribution in [3.05, 3.63) is 36.0 Å². The molecule has 0 radical (unpaired) electrons. The first kappa shape index (κ1) is 13.9. The number of carbonyl (C=O) groups is 1. The van der Waals surface area contributed by atoms with Gasteiger partial charge in [0.2, 0.25) is 0 Å². The fourth-order valence-electron chi connectivity index (χ4n) is 1.86. The third kappa shape index (κ3) is 2.96. The number of H-pyrrole nitrogens is 1. The minimum absolute atomic E-state index is 0. The number of aromatic amines is 1. The van der Waals surface area contributed by atoms with E-state index in [9.17, 15) is 9.90 Å². The first-order valence-corrected chi connectivity index (χ1v) is 4.94. The van der Waals surface area contributed by atoms with Crippen LogP contribution < -0.4 is 56.5 Å². The molecule has 0 amide bonds. The van der Waals surface area contributed by atoms with E-state index >= 15 is 0 Å². The van der Waals surface area contributed by atoms with Crippen LogP contribution in [-0.2, 0) is 4.79 Å². The SMILES string of the molecule is CC(CC(=O)[O-])c1c[nH]c2ccccc12.[K+]. The quantitative estimate of drug-likeness (QED) is 0.659. The van der Waals surface area contributed by atoms with Crippen LogP contribution in [0.25, 0.3) is 10.9 Å². The van der Waals surface area contributed by atoms with E-state index in [1.54, 1.807) is 0 Å². The summed E-state index contributed by atoms with van der Waals surface area (Å²) in [4.78, 5) is 13.6. The van der Waals surface area contributed by atoms with Gasteiger partial charge in [0.1, 0.15) is 0 Å². The molecule has 2 rings (SSSR count). The molecule has 1 aromatic carbocycles. The number of nitrogens with one attached hydrogen (secondary N) is 1. The van der Waals surface area contributed by atoms with Crippen LogP contribution in [0.5, 0.6) is 0 Å². The number of benzene rings is 1. The first-order chi connectivity index (χ1) is 7.18. The molecule has 78 valence electrons. The molecule has 1 atom stereocenters. The van der Waals surface area contributed by atoms with Crippen molar-refractivity contribution in [3.63, 3.8) is 0 Å². The van der Waals surface area contributed by atoms with Crippen LogP contribution >= 0.6 is 0 Å². The Kier molecular flexibility index (Phi) is 5.20. The second-order valence-corrected chi connectivity index (χ2v) is 3.77. The van der Waals surface area contributed by atoms with Crippen LogP contribution in [0.15, 0.2) is 30.5 Å². The maximum Gasteiger partial charge on any atom is 1.00 e. The van der Waals surface area contributed by atoms with Gasteiger partial charge in [-0.2, -0.15) is 0 Å². The third-order valence-corrected chi connectivity index (χ3v) is 2.63. The predicted molar refractivity (Wildman–Crippen MR) is 56.3 cm³/mol. The van der Waals surface area contributed by atoms with Gasteiger partial charge in [-0.15, -0.1) is 0 Å². The number of para-hydroxylation sites is 1. The molecule has 0 bridgehead atoms. The van der Waals surface area contributed by atoms with E-state index in [4.69, 9.17) is 0 Å². The molecule has 4 heteroatoms. The van der Waals surface area contributed by atoms with Crippen LogP contribution in [0.2, 0.25) is 0 Å². The standard InChI is InChI=1S/C12H13NO2.K/c1-8(6-12(14)15)10-7-13-11-5-3-2-4-9(10)11;/h2-5,7-8,13H,6H2,1H3,(H,14,15);/q;+1/p-1. The van der Waals surface area contributed by atoms with E-state index in [0.717, 1.165) is 16.5 Å². The normalized spacial score (nSPS) is 12.1. The zero-order chi connectivity index (χ0) is 10.8. The summed E-state index contributed by atoms with van der Waals surface area (Å²) in [5.74, 6) is -1.03. The third-order valence-electron chi connectivity index (χ3n) is 2.63. The van der Waals surface area contributed by atoms with Crippen LogP contribution in [0.4, 0.5) is 0 Å². The van der Waals surface area contributed by atoms with Crippen molar-refractivity contribution in [1.82, 2.24) is 4.98 Å². The number of carboxylic acid groups (broad SMARTS) is 1. The van der Waals surface area contributed by atoms with E-state index in [1.807, 2.05) is 37.4 Å². The fraction of sp³-hybridized carbons (Fsp3) is 0.250. The molecule has 1 N–H and O–H groups in total. The summed E-state index contributed by atoms with van der Waals surface area (Å²) in [6, 6.07) is 7.87. The minimum Gasteiger partial charge on any atom is -0.550 e. The topological polar surface area (TPSA) is 55.9 Å². The van der Waals surface area contributed by atoms with E-state index in [2.05, 4.69) is 4.98 Å². The molecule has 16 heavy (non-hydrogen) atoms. The van der Waals surface area contributed by atoms with E-state index in [1.165, 1.54) is 0 Å². The summed E-state index contributed by atoms with van der Waals surface area (Å²) < 4.78 is 0. The van der Waals surface area contributed by atoms with Crippen LogP contribution in [0.3, 0.4) is 0 Å². The van der Waals surface area contributed by atoms with Crippen molar-refractivity contribution in [3.8, 4) is 0 Å². The van der Waals surface area contributed by atoms with Gasteiger partial charge in [-0.3, -0.25) is 0 Å². The van der Waals surface area contributed by atoms with Crippen molar-refractivity contribution in [2.75, 3.05) is 0 Å². The summed E-state index contributed by atoms with van der Waals surface area (Å²) in [6.07, 6.45) is 1.93. The molecule has 3 nitrogen and oxygen atoms in total. The van der Waals surface area contributed by atoms with Crippen molar-refractivity contribution < 1.29 is 61.3 Å². The van der Waals surface area contributed by atoms with Crippen LogP contribution in [0, 0.1) is 0 Å². The van der Waals surface area contributed by atoms with Gasteiger partial charge in [0.05, 0.1) is 0 Å². The number of rotatable bonds is 3. The summed E-state index contributed by atoms with van der Waals surface area (Å²) in [5, 5.41) is 11.6. The Balaban J connectivity index is 0.00000128. The van der Waals surface area contributed by atoms with Gasteiger partial charge < -0.3 is 14.9 Å². The predicted octanol–water partition coefficient (Wildman–Crippen LogP) is -1.58. The number of hydrogen-bond donors (Lipinski definition) is 1. The second kappa shape index (κ2) is 5.98. The van der Waals surface area contributed by atoms with Gasteiger partial charge in [-0.1, -0.05) is 25.1 Å². The second-order valence-electron chi connectivity index (χ2n) is 3.77. The van der Waals surface area contributed by atoms with Crippen LogP contribution in [0.1, 0.15) is 24.8 Å². The Morgan fingerprint density at radius 2 is 2.12 bits per heavy atom. The average molecular weight is 241 g/mol. The van der Waals surface area contributed by atoms with Crippen molar-refractivity contribution in [2.45, 2.75) is 19.3 Å². The number of aliphatic carboxylic acids is 1. The Labute approximate surface area is 137 Å². The van der Waals surface area contributed by atoms with Gasteiger partial charge in [0, 0.05) is 23.1 Å². The van der Waals surface area contributed by atoms with Gasteiger partial charge in [0.25, 0.3) is 0 Å². The molecule has 2 aromatic rings. The van der Waals surface area contributed by atoms with Gasteiger partial charge in [-0.05, 0) is 24.0 Å². The maximum atomic E-state index is 10.5. The summed E-state index contributed by atoms with van der Waals surface area (Å²) >= 11 is 0. The summed E-state index contributed by atoms with van der Waals surface area (Å²) in [5.41, 5.74) is 2.08. The Hall–Kier alpha value is -0.134. The molecule has 0 saturated carbocycles. The fourth-order valence-corrected chi connectivity index (χ4v) is 1.86. The molecule has 0 saturated heterocycles. The molecule has 0 spiro atoms. The molecule has 0 aliphatic carbocycles. The van der Waals surface area contributed by atoms with Gasteiger partial charge >= 0.3 is 51.4 Å². The number of carbonyl (C=O) groups excluding carboxylic acids is 1. The molecular weight excluding hydrogens is 229 g/mol. The zero-order valence-electron chi connectivity index (χ0n) is 9.49. The summed E-state index contributed by atoms with van der Waals surface area (Å²) in [7, 11) is 0. The average Bonchev–Trinajstić information content (AvgIpc) is 2.59. The van der Waals surface area contributed by atoms with Gasteiger partial charge in [-0.25, -0.2) is 0 Å². The maximum absolute atomic E-state index is 10.5. The van der Waals surface area contributed by atoms with Crippen molar-refractivity contribution in [1.29, 1.82) is 0 Å². The number of fused-ring (bicyclic) bond motifs is 1. The minimum atomic E-state index is -1.01. The zero-order valence-corrected chi connectivity index (χ0v) is 12.6. The molecule has 1 unspecified atom stereocenters. The first-order valence-electron chi connectivity index (χ1n) is 4.94. The van der Waals surface area contributed by atoms with E-state index in [0.29, 0.717) is 0 Å². The van der Waals surface area contributed by atoms with Crippen molar-refractivity contribution in [2.24, 2.45) is 0 Å². The number of carboxylic acids is 1. The monoisotopic (exact) mass is 241 g/mol. The number of hydrogen-bond acceptors (Lipinski definition) is 2. The largest absolute Gasteiger partial charge is 1.00 e. The summed E-state index contributed by atoms with van der Waals surface area (Å²) in [6.45, 7) is 1.89. The Bertz CT molecular complexity index is 492. The molecular formula is C12H12KNO2. The van der Waals surface area contributed by atoms with Crippen molar-refractivity contribution >= 4 is 16.9 Å². The molecule has 1 aromatic heterocycles. The molecule has 0 aliphatic rings. The molecule has 1 heterocycles. The molecule has 0 fully saturated rings. The van der Waals surface area contributed by atoms with Gasteiger partial charge in [0.15, 0.2) is 0 Å². The smallest absolute Gasteiger partial charge is 0.550 e. The number of aromatic nitrogens is 1. The Morgan fingerprint density at radius 3 is 2.81 bits per heavy atom. The van der Waals surface area contributed by atoms with Crippen LogP contribution in [-0.4, -0.2) is 11.0 Å². The molecule has 0 aliphatic heterocycles. The van der Waals surface area contributed by atoms with E-state index in [-0.39, 0.29) is 63.7 Å². The Morgan fingerprint density at radius 1 is 1.44 bits per heavy atom.